The van der Waals surface area contributed by atoms with E-state index in [-0.39, 0.29) is 5.91 Å². The molecule has 2 rings (SSSR count). The Morgan fingerprint density at radius 3 is 2.95 bits per heavy atom. The number of hydrogen-bond acceptors (Lipinski definition) is 3. The van der Waals surface area contributed by atoms with E-state index < -0.39 is 0 Å². The van der Waals surface area contributed by atoms with Crippen LogP contribution in [0.2, 0.25) is 0 Å². The molecule has 1 heterocycles. The van der Waals surface area contributed by atoms with E-state index in [0.29, 0.717) is 12.5 Å². The molecule has 1 saturated heterocycles. The van der Waals surface area contributed by atoms with Gasteiger partial charge in [-0.15, -0.1) is 0 Å². The zero-order valence-corrected chi connectivity index (χ0v) is 13.4. The second-order valence-electron chi connectivity index (χ2n) is 6.10. The zero-order chi connectivity index (χ0) is 15.2. The largest absolute Gasteiger partial charge is 0.325 e. The zero-order valence-electron chi connectivity index (χ0n) is 13.4. The van der Waals surface area contributed by atoms with Gasteiger partial charge in [0.15, 0.2) is 0 Å². The summed E-state index contributed by atoms with van der Waals surface area (Å²) in [5.74, 6) is 0.756. The van der Waals surface area contributed by atoms with E-state index in [4.69, 9.17) is 0 Å². The quantitative estimate of drug-likeness (QED) is 0.873. The first-order chi connectivity index (χ1) is 10.1. The number of benzene rings is 1. The fraction of sp³-hybridized carbons (Fsp3) is 0.588. The van der Waals surface area contributed by atoms with E-state index in [2.05, 4.69) is 35.4 Å². The average molecular weight is 289 g/mol. The standard InChI is InChI=1S/C17H27N3O/c1-13-6-4-8-16(14(13)2)19-17(21)12-20-9-5-7-15(11-20)10-18-3/h4,6,8,15,18H,5,7,9-12H2,1-3H3,(H,19,21). The molecular weight excluding hydrogens is 262 g/mol. The number of anilines is 1. The Morgan fingerprint density at radius 2 is 2.19 bits per heavy atom. The van der Waals surface area contributed by atoms with Crippen molar-refractivity contribution in [3.05, 3.63) is 29.3 Å². The molecule has 4 heteroatoms. The summed E-state index contributed by atoms with van der Waals surface area (Å²) >= 11 is 0. The maximum absolute atomic E-state index is 12.2. The second kappa shape index (κ2) is 7.57. The van der Waals surface area contributed by atoms with Crippen molar-refractivity contribution in [2.45, 2.75) is 26.7 Å². The summed E-state index contributed by atoms with van der Waals surface area (Å²) in [5, 5.41) is 6.29. The Balaban J connectivity index is 1.88. The maximum atomic E-state index is 12.2. The third-order valence-electron chi connectivity index (χ3n) is 4.34. The molecule has 1 aromatic carbocycles. The Labute approximate surface area is 127 Å². The number of aryl methyl sites for hydroxylation is 1. The first kappa shape index (κ1) is 16.0. The van der Waals surface area contributed by atoms with Crippen molar-refractivity contribution in [2.75, 3.05) is 38.5 Å². The van der Waals surface area contributed by atoms with Crippen molar-refractivity contribution in [1.82, 2.24) is 10.2 Å². The fourth-order valence-electron chi connectivity index (χ4n) is 3.03. The number of amides is 1. The van der Waals surface area contributed by atoms with Gasteiger partial charge in [0.1, 0.15) is 0 Å². The van der Waals surface area contributed by atoms with Crippen LogP contribution in [0.25, 0.3) is 0 Å². The van der Waals surface area contributed by atoms with Crippen LogP contribution in [0.5, 0.6) is 0 Å². The normalized spacial score (nSPS) is 19.5. The number of hydrogen-bond donors (Lipinski definition) is 2. The van der Waals surface area contributed by atoms with Gasteiger partial charge in [0, 0.05) is 12.2 Å². The van der Waals surface area contributed by atoms with Gasteiger partial charge in [0.2, 0.25) is 5.91 Å². The van der Waals surface area contributed by atoms with Gasteiger partial charge in [-0.2, -0.15) is 0 Å². The molecule has 1 aliphatic heterocycles. The molecule has 1 amide bonds. The third-order valence-corrected chi connectivity index (χ3v) is 4.34. The summed E-state index contributed by atoms with van der Waals surface area (Å²) in [7, 11) is 1.99. The van der Waals surface area contributed by atoms with E-state index in [0.717, 1.165) is 30.9 Å². The lowest BCUT2D eigenvalue weighted by molar-refractivity contribution is -0.117. The van der Waals surface area contributed by atoms with Crippen LogP contribution in [-0.2, 0) is 4.79 Å². The predicted molar refractivity (Wildman–Crippen MR) is 87.6 cm³/mol. The summed E-state index contributed by atoms with van der Waals surface area (Å²) in [6.07, 6.45) is 2.44. The average Bonchev–Trinajstić information content (AvgIpc) is 2.44. The molecule has 0 radical (unpaired) electrons. The number of nitrogens with one attached hydrogen (secondary N) is 2. The Hall–Kier alpha value is -1.39. The van der Waals surface area contributed by atoms with Crippen LogP contribution < -0.4 is 10.6 Å². The van der Waals surface area contributed by atoms with E-state index >= 15 is 0 Å². The molecule has 21 heavy (non-hydrogen) atoms. The molecular formula is C17H27N3O. The second-order valence-corrected chi connectivity index (χ2v) is 6.10. The Bertz CT molecular complexity index is 485. The van der Waals surface area contributed by atoms with Gasteiger partial charge in [-0.25, -0.2) is 0 Å². The van der Waals surface area contributed by atoms with E-state index in [1.165, 1.54) is 18.4 Å². The Morgan fingerprint density at radius 1 is 1.38 bits per heavy atom. The molecule has 0 saturated carbocycles. The first-order valence-electron chi connectivity index (χ1n) is 7.83. The van der Waals surface area contributed by atoms with Gasteiger partial charge >= 0.3 is 0 Å². The Kier molecular flexibility index (Phi) is 5.76. The lowest BCUT2D eigenvalue weighted by Gasteiger charge is -2.32. The predicted octanol–water partition coefficient (Wildman–Crippen LogP) is 2.17. The number of likely N-dealkylation sites (tertiary alicyclic amines) is 1. The van der Waals surface area contributed by atoms with Gasteiger partial charge in [-0.05, 0) is 69.9 Å². The lowest BCUT2D eigenvalue weighted by Crippen LogP contribution is -2.42. The molecule has 1 atom stereocenters. The highest BCUT2D eigenvalue weighted by Crippen LogP contribution is 2.19. The topological polar surface area (TPSA) is 44.4 Å². The summed E-state index contributed by atoms with van der Waals surface area (Å²) in [5.41, 5.74) is 3.29. The molecule has 116 valence electrons. The molecule has 1 aromatic rings. The monoisotopic (exact) mass is 289 g/mol. The highest BCUT2D eigenvalue weighted by Gasteiger charge is 2.21. The molecule has 0 bridgehead atoms. The molecule has 0 aliphatic carbocycles. The van der Waals surface area contributed by atoms with E-state index in [9.17, 15) is 4.79 Å². The summed E-state index contributed by atoms with van der Waals surface area (Å²) in [6.45, 7) is 7.69. The number of carbonyl (C=O) groups excluding carboxylic acids is 1. The van der Waals surface area contributed by atoms with Gasteiger partial charge in [-0.1, -0.05) is 12.1 Å². The summed E-state index contributed by atoms with van der Waals surface area (Å²) < 4.78 is 0. The molecule has 0 spiro atoms. The molecule has 0 aromatic heterocycles. The summed E-state index contributed by atoms with van der Waals surface area (Å²) in [6, 6.07) is 6.03. The number of nitrogens with zero attached hydrogens (tertiary/aromatic N) is 1. The fourth-order valence-corrected chi connectivity index (χ4v) is 3.03. The van der Waals surface area contributed by atoms with Crippen molar-refractivity contribution in [1.29, 1.82) is 0 Å². The van der Waals surface area contributed by atoms with Crippen molar-refractivity contribution in [3.8, 4) is 0 Å². The third kappa shape index (κ3) is 4.55. The van der Waals surface area contributed by atoms with Gasteiger partial charge in [-0.3, -0.25) is 9.69 Å². The van der Waals surface area contributed by atoms with Crippen molar-refractivity contribution in [3.63, 3.8) is 0 Å². The molecule has 4 nitrogen and oxygen atoms in total. The van der Waals surface area contributed by atoms with Gasteiger partial charge in [0.25, 0.3) is 0 Å². The van der Waals surface area contributed by atoms with E-state index in [1.54, 1.807) is 0 Å². The molecule has 1 aliphatic rings. The smallest absolute Gasteiger partial charge is 0.238 e. The number of carbonyl (C=O) groups is 1. The number of rotatable bonds is 5. The number of piperidine rings is 1. The van der Waals surface area contributed by atoms with Gasteiger partial charge < -0.3 is 10.6 Å². The SMILES string of the molecule is CNCC1CCCN(CC(=O)Nc2cccc(C)c2C)C1. The van der Waals surface area contributed by atoms with Crippen molar-refractivity contribution < 1.29 is 4.79 Å². The highest BCUT2D eigenvalue weighted by atomic mass is 16.2. The van der Waals surface area contributed by atoms with Crippen LogP contribution in [0.3, 0.4) is 0 Å². The maximum Gasteiger partial charge on any atom is 0.238 e. The van der Waals surface area contributed by atoms with Crippen LogP contribution in [0.1, 0.15) is 24.0 Å². The minimum absolute atomic E-state index is 0.0915. The van der Waals surface area contributed by atoms with Crippen LogP contribution >= 0.6 is 0 Å². The van der Waals surface area contributed by atoms with Crippen molar-refractivity contribution in [2.24, 2.45) is 5.92 Å². The van der Waals surface area contributed by atoms with Crippen molar-refractivity contribution >= 4 is 11.6 Å². The van der Waals surface area contributed by atoms with Crippen LogP contribution in [-0.4, -0.2) is 44.0 Å². The highest BCUT2D eigenvalue weighted by molar-refractivity contribution is 5.93. The van der Waals surface area contributed by atoms with Crippen LogP contribution in [0, 0.1) is 19.8 Å². The lowest BCUT2D eigenvalue weighted by atomic mass is 9.98. The first-order valence-corrected chi connectivity index (χ1v) is 7.83. The van der Waals surface area contributed by atoms with E-state index in [1.807, 2.05) is 19.2 Å². The van der Waals surface area contributed by atoms with Crippen LogP contribution in [0.4, 0.5) is 5.69 Å². The minimum Gasteiger partial charge on any atom is -0.325 e. The van der Waals surface area contributed by atoms with Gasteiger partial charge in [0.05, 0.1) is 6.54 Å². The summed E-state index contributed by atoms with van der Waals surface area (Å²) in [4.78, 5) is 14.5. The van der Waals surface area contributed by atoms with Crippen LogP contribution in [0.15, 0.2) is 18.2 Å². The molecule has 2 N–H and O–H groups in total. The molecule has 1 fully saturated rings. The molecule has 1 unspecified atom stereocenters. The minimum atomic E-state index is 0.0915.